The Labute approximate surface area is 300 Å². The maximum Gasteiger partial charge on any atom is 0.164 e. The van der Waals surface area contributed by atoms with Gasteiger partial charge in [-0.3, -0.25) is 0 Å². The second-order valence-corrected chi connectivity index (χ2v) is 15.6. The summed E-state index contributed by atoms with van der Waals surface area (Å²) in [5.74, 6) is 2.00. The highest BCUT2D eigenvalue weighted by Crippen LogP contribution is 2.48. The van der Waals surface area contributed by atoms with Crippen LogP contribution in [0.5, 0.6) is 0 Å². The van der Waals surface area contributed by atoms with Crippen molar-refractivity contribution in [2.24, 2.45) is 0 Å². The van der Waals surface area contributed by atoms with E-state index in [1.807, 2.05) is 36.4 Å². The van der Waals surface area contributed by atoms with E-state index in [1.165, 1.54) is 73.0 Å². The van der Waals surface area contributed by atoms with Gasteiger partial charge in [-0.05, 0) is 103 Å². The fourth-order valence-electron chi connectivity index (χ4n) is 8.23. The van der Waals surface area contributed by atoms with E-state index in [9.17, 15) is 0 Å². The van der Waals surface area contributed by atoms with Crippen LogP contribution in [-0.4, -0.2) is 15.0 Å². The fourth-order valence-corrected chi connectivity index (χ4v) is 8.23. The lowest BCUT2D eigenvalue weighted by Crippen LogP contribution is -2.34. The van der Waals surface area contributed by atoms with Crippen molar-refractivity contribution in [2.45, 2.75) is 58.3 Å². The fraction of sp³-hybridized carbons (Fsp3) is 0.188. The number of rotatable bonds is 4. The summed E-state index contributed by atoms with van der Waals surface area (Å²) in [6.45, 7) is 11.9. The van der Waals surface area contributed by atoms with Crippen molar-refractivity contribution in [1.82, 2.24) is 15.0 Å². The SMILES string of the molecule is Cc1cc2c(cc1-c1ccc3c4ccc(-c5nc(-c6ccccc6)nc(-c6ccccc6)n5)cc4c4ccccc4c3c1)C(C)(C)CCC2(C)C. The molecule has 3 heteroatoms. The van der Waals surface area contributed by atoms with Crippen LogP contribution in [0.4, 0.5) is 0 Å². The van der Waals surface area contributed by atoms with E-state index in [2.05, 4.69) is 132 Å². The molecule has 248 valence electrons. The Balaban J connectivity index is 1.23. The van der Waals surface area contributed by atoms with E-state index >= 15 is 0 Å². The van der Waals surface area contributed by atoms with Gasteiger partial charge >= 0.3 is 0 Å². The predicted octanol–water partition coefficient (Wildman–Crippen LogP) is 12.7. The van der Waals surface area contributed by atoms with Gasteiger partial charge < -0.3 is 0 Å². The lowest BCUT2D eigenvalue weighted by atomic mass is 9.62. The minimum atomic E-state index is 0.160. The highest BCUT2D eigenvalue weighted by Gasteiger charge is 2.37. The van der Waals surface area contributed by atoms with E-state index in [0.717, 1.165) is 16.7 Å². The molecule has 51 heavy (non-hydrogen) atoms. The van der Waals surface area contributed by atoms with Crippen LogP contribution in [-0.2, 0) is 10.8 Å². The second-order valence-electron chi connectivity index (χ2n) is 15.6. The van der Waals surface area contributed by atoms with Gasteiger partial charge in [0.2, 0.25) is 0 Å². The van der Waals surface area contributed by atoms with Crippen molar-refractivity contribution in [3.8, 4) is 45.3 Å². The average molecular weight is 660 g/mol. The first-order valence-corrected chi connectivity index (χ1v) is 18.1. The van der Waals surface area contributed by atoms with Gasteiger partial charge in [0.1, 0.15) is 0 Å². The number of hydrogen-bond donors (Lipinski definition) is 0. The molecule has 1 heterocycles. The summed E-state index contributed by atoms with van der Waals surface area (Å²) in [7, 11) is 0. The highest BCUT2D eigenvalue weighted by atomic mass is 15.0. The molecule has 8 aromatic rings. The Morgan fingerprint density at radius 2 is 0.804 bits per heavy atom. The molecule has 3 nitrogen and oxygen atoms in total. The molecule has 0 atom stereocenters. The third-order valence-electron chi connectivity index (χ3n) is 11.3. The summed E-state index contributed by atoms with van der Waals surface area (Å²) >= 11 is 0. The first kappa shape index (κ1) is 31.3. The van der Waals surface area contributed by atoms with Crippen LogP contribution in [0, 0.1) is 6.92 Å². The number of fused-ring (bicyclic) bond motifs is 7. The van der Waals surface area contributed by atoms with Crippen LogP contribution in [0.1, 0.15) is 57.2 Å². The Hall–Kier alpha value is -5.67. The van der Waals surface area contributed by atoms with Crippen molar-refractivity contribution in [2.75, 3.05) is 0 Å². The summed E-state index contributed by atoms with van der Waals surface area (Å²) < 4.78 is 0. The Kier molecular flexibility index (Phi) is 7.19. The Bertz CT molecular complexity index is 2560. The minimum absolute atomic E-state index is 0.160. The van der Waals surface area contributed by atoms with Gasteiger partial charge in [-0.15, -0.1) is 0 Å². The van der Waals surface area contributed by atoms with Crippen LogP contribution in [0.2, 0.25) is 0 Å². The molecule has 0 saturated heterocycles. The molecule has 7 aromatic carbocycles. The first-order chi connectivity index (χ1) is 24.7. The number of aryl methyl sites for hydroxylation is 1. The molecule has 1 aliphatic rings. The van der Waals surface area contributed by atoms with Crippen LogP contribution in [0.15, 0.2) is 133 Å². The van der Waals surface area contributed by atoms with Crippen molar-refractivity contribution in [3.05, 3.63) is 150 Å². The van der Waals surface area contributed by atoms with E-state index < -0.39 is 0 Å². The van der Waals surface area contributed by atoms with Gasteiger partial charge in [0.25, 0.3) is 0 Å². The quantitative estimate of drug-likeness (QED) is 0.177. The van der Waals surface area contributed by atoms with E-state index in [-0.39, 0.29) is 10.8 Å². The number of hydrogen-bond acceptors (Lipinski definition) is 3. The maximum atomic E-state index is 5.03. The monoisotopic (exact) mass is 659 g/mol. The van der Waals surface area contributed by atoms with Gasteiger partial charge in [-0.25, -0.2) is 15.0 Å². The summed E-state index contributed by atoms with van der Waals surface area (Å²) in [4.78, 5) is 15.0. The summed E-state index contributed by atoms with van der Waals surface area (Å²) in [6.07, 6.45) is 2.43. The summed E-state index contributed by atoms with van der Waals surface area (Å²) in [5, 5.41) is 7.43. The molecule has 0 unspecified atom stereocenters. The predicted molar refractivity (Wildman–Crippen MR) is 214 cm³/mol. The zero-order chi connectivity index (χ0) is 34.9. The van der Waals surface area contributed by atoms with E-state index in [0.29, 0.717) is 17.5 Å². The molecule has 0 spiro atoms. The van der Waals surface area contributed by atoms with E-state index in [4.69, 9.17) is 15.0 Å². The van der Waals surface area contributed by atoms with Crippen LogP contribution >= 0.6 is 0 Å². The smallest absolute Gasteiger partial charge is 0.164 e. The lowest BCUT2D eigenvalue weighted by molar-refractivity contribution is 0.332. The first-order valence-electron chi connectivity index (χ1n) is 18.1. The minimum Gasteiger partial charge on any atom is -0.208 e. The molecule has 0 radical (unpaired) electrons. The normalized spacial score (nSPS) is 14.9. The Morgan fingerprint density at radius 1 is 0.392 bits per heavy atom. The maximum absolute atomic E-state index is 5.03. The highest BCUT2D eigenvalue weighted by molar-refractivity contribution is 6.26. The molecule has 9 rings (SSSR count). The molecule has 0 aliphatic heterocycles. The van der Waals surface area contributed by atoms with Crippen LogP contribution in [0.25, 0.3) is 77.6 Å². The standard InChI is InChI=1S/C48H41N3/c1-30-26-42-43(48(4,5)25-24-47(42,2)3)29-39(30)33-20-22-37-38-23-21-34(28-41(38)36-19-13-12-18-35(36)40(37)27-33)46-50-44(31-14-8-6-9-15-31)49-45(51-46)32-16-10-7-11-17-32/h6-23,26-29H,24-25H2,1-5H3. The lowest BCUT2D eigenvalue weighted by Gasteiger charge is -2.42. The van der Waals surface area contributed by atoms with Gasteiger partial charge in [0, 0.05) is 16.7 Å². The van der Waals surface area contributed by atoms with Gasteiger partial charge in [-0.1, -0.05) is 149 Å². The van der Waals surface area contributed by atoms with Crippen molar-refractivity contribution >= 4 is 32.3 Å². The molecule has 0 fully saturated rings. The van der Waals surface area contributed by atoms with Gasteiger partial charge in [0.15, 0.2) is 17.5 Å². The number of benzene rings is 7. The number of aromatic nitrogens is 3. The third kappa shape index (κ3) is 5.31. The molecule has 0 amide bonds. The van der Waals surface area contributed by atoms with Gasteiger partial charge in [0.05, 0.1) is 0 Å². The number of nitrogens with zero attached hydrogens (tertiary/aromatic N) is 3. The zero-order valence-electron chi connectivity index (χ0n) is 30.0. The zero-order valence-corrected chi connectivity index (χ0v) is 30.0. The molecule has 0 bridgehead atoms. The van der Waals surface area contributed by atoms with Crippen LogP contribution in [0.3, 0.4) is 0 Å². The summed E-state index contributed by atoms with van der Waals surface area (Å²) in [6, 6.07) is 47.9. The van der Waals surface area contributed by atoms with Gasteiger partial charge in [-0.2, -0.15) is 0 Å². The van der Waals surface area contributed by atoms with Crippen molar-refractivity contribution in [1.29, 1.82) is 0 Å². The van der Waals surface area contributed by atoms with Crippen molar-refractivity contribution < 1.29 is 0 Å². The largest absolute Gasteiger partial charge is 0.208 e. The average Bonchev–Trinajstić information content (AvgIpc) is 3.17. The topological polar surface area (TPSA) is 38.7 Å². The molecule has 1 aliphatic carbocycles. The third-order valence-corrected chi connectivity index (χ3v) is 11.3. The molecular weight excluding hydrogens is 619 g/mol. The van der Waals surface area contributed by atoms with E-state index in [1.54, 1.807) is 0 Å². The molecule has 0 saturated carbocycles. The second kappa shape index (κ2) is 11.7. The molecule has 1 aromatic heterocycles. The summed E-state index contributed by atoms with van der Waals surface area (Å²) in [5.41, 5.74) is 10.2. The molecule has 0 N–H and O–H groups in total. The van der Waals surface area contributed by atoms with Crippen molar-refractivity contribution in [3.63, 3.8) is 0 Å². The van der Waals surface area contributed by atoms with Crippen LogP contribution < -0.4 is 0 Å². The molecular formula is C48H41N3. The Morgan fingerprint density at radius 3 is 1.33 bits per heavy atom.